The van der Waals surface area contributed by atoms with Gasteiger partial charge in [-0.3, -0.25) is 43.4 Å². The number of hydrogen-bond donors (Lipinski definition) is 2. The maximum atomic E-state index is 13.6. The Labute approximate surface area is 445 Å². The summed E-state index contributed by atoms with van der Waals surface area (Å²) >= 11 is 0. The Balaban J connectivity index is 0.664. The SMILES string of the molecule is COc1cc(N=Nc2cccc3c2CN(C2CCC(=O)NC2=O)C3=O)cc(OC)c1OCC(=O)CCCCCCCCC(=O)N1CCN(c2ccc(Nc3ncc4c(C)c(C(C)=O)c(=O)n(C5CCCC5)c4n3)nc2)CC1. The van der Waals surface area contributed by atoms with Crippen LogP contribution in [0.5, 0.6) is 17.2 Å². The molecule has 21 heteroatoms. The predicted molar refractivity (Wildman–Crippen MR) is 286 cm³/mol. The fourth-order valence-electron chi connectivity index (χ4n) is 10.8. The van der Waals surface area contributed by atoms with Crippen LogP contribution in [0.2, 0.25) is 0 Å². The molecule has 404 valence electrons. The molecule has 1 saturated carbocycles. The van der Waals surface area contributed by atoms with Crippen LogP contribution in [-0.2, 0) is 25.7 Å². The summed E-state index contributed by atoms with van der Waals surface area (Å²) in [7, 11) is 2.94. The summed E-state index contributed by atoms with van der Waals surface area (Å²) < 4.78 is 18.8. The van der Waals surface area contributed by atoms with Crippen LogP contribution in [-0.4, -0.2) is 118 Å². The van der Waals surface area contributed by atoms with E-state index in [1.54, 1.807) is 54.2 Å². The van der Waals surface area contributed by atoms with Gasteiger partial charge in [-0.25, -0.2) is 9.97 Å². The van der Waals surface area contributed by atoms with Crippen molar-refractivity contribution in [2.45, 2.75) is 122 Å². The second-order valence-corrected chi connectivity index (χ2v) is 20.0. The van der Waals surface area contributed by atoms with Crippen LogP contribution in [0.15, 0.2) is 69.9 Å². The van der Waals surface area contributed by atoms with Gasteiger partial charge in [-0.05, 0) is 75.8 Å². The van der Waals surface area contributed by atoms with Gasteiger partial charge in [-0.1, -0.05) is 44.6 Å². The molecule has 6 heterocycles. The molecule has 0 spiro atoms. The Morgan fingerprint density at radius 2 is 1.55 bits per heavy atom. The Morgan fingerprint density at radius 3 is 2.22 bits per heavy atom. The smallest absolute Gasteiger partial charge is 0.263 e. The van der Waals surface area contributed by atoms with Crippen molar-refractivity contribution in [3.05, 3.63) is 87.5 Å². The highest BCUT2D eigenvalue weighted by Gasteiger charge is 2.40. The van der Waals surface area contributed by atoms with E-state index in [0.29, 0.717) is 101 Å². The number of piperazine rings is 1. The average Bonchev–Trinajstić information content (AvgIpc) is 4.09. The summed E-state index contributed by atoms with van der Waals surface area (Å²) in [5.74, 6) is 0.408. The first-order chi connectivity index (χ1) is 37.3. The monoisotopic (exact) mass is 1050 g/mol. The van der Waals surface area contributed by atoms with Crippen LogP contribution in [0.3, 0.4) is 0 Å². The first-order valence-corrected chi connectivity index (χ1v) is 26.6. The number of carbonyl (C=O) groups excluding carboxylic acids is 6. The number of aryl methyl sites for hydroxylation is 1. The lowest BCUT2D eigenvalue weighted by atomic mass is 10.0. The van der Waals surface area contributed by atoms with E-state index in [1.165, 1.54) is 26.0 Å². The van der Waals surface area contributed by atoms with Crippen molar-refractivity contribution in [3.8, 4) is 17.2 Å². The minimum atomic E-state index is -0.750. The van der Waals surface area contributed by atoms with E-state index in [0.717, 1.165) is 69.9 Å². The molecule has 5 aromatic rings. The lowest BCUT2D eigenvalue weighted by Gasteiger charge is -2.36. The minimum Gasteiger partial charge on any atom is -0.493 e. The van der Waals surface area contributed by atoms with Crippen molar-refractivity contribution in [1.82, 2.24) is 34.6 Å². The highest BCUT2D eigenvalue weighted by molar-refractivity contribution is 6.06. The number of nitrogens with one attached hydrogen (secondary N) is 2. The third-order valence-electron chi connectivity index (χ3n) is 15.0. The van der Waals surface area contributed by atoms with E-state index in [-0.39, 0.29) is 78.2 Å². The number of anilines is 3. The van der Waals surface area contributed by atoms with E-state index in [9.17, 15) is 33.6 Å². The normalized spacial score (nSPS) is 16.8. The lowest BCUT2D eigenvalue weighted by molar-refractivity contribution is -0.137. The number of nitrogens with zero attached hydrogens (tertiary/aromatic N) is 9. The molecule has 3 fully saturated rings. The number of unbranched alkanes of at least 4 members (excludes halogenated alkanes) is 5. The summed E-state index contributed by atoms with van der Waals surface area (Å²) in [6, 6.07) is 11.4. The molecule has 2 N–H and O–H groups in total. The summed E-state index contributed by atoms with van der Waals surface area (Å²) in [4.78, 5) is 109. The molecule has 77 heavy (non-hydrogen) atoms. The molecule has 1 unspecified atom stereocenters. The highest BCUT2D eigenvalue weighted by atomic mass is 16.5. The van der Waals surface area contributed by atoms with Crippen molar-refractivity contribution < 1.29 is 43.0 Å². The zero-order chi connectivity index (χ0) is 54.2. The van der Waals surface area contributed by atoms with Gasteiger partial charge in [0.15, 0.2) is 23.1 Å². The van der Waals surface area contributed by atoms with Crippen LogP contribution in [0.25, 0.3) is 11.0 Å². The molecule has 2 aromatic carbocycles. The van der Waals surface area contributed by atoms with Crippen molar-refractivity contribution in [1.29, 1.82) is 0 Å². The van der Waals surface area contributed by atoms with Crippen molar-refractivity contribution >= 4 is 75.1 Å². The summed E-state index contributed by atoms with van der Waals surface area (Å²) in [6.45, 7) is 5.83. The van der Waals surface area contributed by atoms with Gasteiger partial charge in [0, 0.05) is 92.9 Å². The number of carbonyl (C=O) groups is 6. The quantitative estimate of drug-likeness (QED) is 0.0287. The number of piperidine rings is 1. The standard InChI is InChI=1S/C56H65N11O10/c1-34-41-31-58-56(61-52(41)67(37-14-11-12-15-37)55(74)50(34)35(2)68)59-47-22-20-38(30-57-47)64-24-26-65(27-25-64)49(71)19-10-8-6-5-7-9-16-39(69)33-77-51-45(75-3)28-36(29-46(51)76-4)62-63-43-18-13-17-40-42(43)32-66(54(40)73)44-21-23-48(70)60-53(44)72/h13,17-18,20,22,28-31,37,44H,5-12,14-16,19,21,23-27,32-33H2,1-4H3,(H,60,70,72)(H,57,58,59,61). The number of fused-ring (bicyclic) bond motifs is 2. The Kier molecular flexibility index (Phi) is 16.9. The van der Waals surface area contributed by atoms with Gasteiger partial charge in [-0.2, -0.15) is 15.2 Å². The molecule has 4 amide bonds. The molecule has 1 aliphatic carbocycles. The summed E-state index contributed by atoms with van der Waals surface area (Å²) in [5, 5.41) is 15.0. The van der Waals surface area contributed by atoms with Gasteiger partial charge in [0.2, 0.25) is 29.4 Å². The number of benzene rings is 2. The van der Waals surface area contributed by atoms with Crippen molar-refractivity contribution in [3.63, 3.8) is 0 Å². The van der Waals surface area contributed by atoms with Gasteiger partial charge < -0.3 is 34.2 Å². The maximum absolute atomic E-state index is 13.6. The largest absolute Gasteiger partial charge is 0.493 e. The van der Waals surface area contributed by atoms with E-state index < -0.39 is 11.9 Å². The molecule has 4 aliphatic rings. The number of aromatic nitrogens is 4. The number of imide groups is 1. The fraction of sp³-hybridized carbons (Fsp3) is 0.464. The number of rotatable bonds is 22. The number of ketones is 2. The van der Waals surface area contributed by atoms with E-state index in [1.807, 2.05) is 17.0 Å². The van der Waals surface area contributed by atoms with Crippen LogP contribution < -0.4 is 35.3 Å². The molecule has 2 saturated heterocycles. The number of hydrogen-bond acceptors (Lipinski definition) is 17. The van der Waals surface area contributed by atoms with Crippen LogP contribution >= 0.6 is 0 Å². The van der Waals surface area contributed by atoms with Gasteiger partial charge in [0.1, 0.15) is 24.1 Å². The molecule has 0 radical (unpaired) electrons. The second-order valence-electron chi connectivity index (χ2n) is 20.0. The highest BCUT2D eigenvalue weighted by Crippen LogP contribution is 2.42. The minimum absolute atomic E-state index is 0.0136. The molecular weight excluding hydrogens is 987 g/mol. The van der Waals surface area contributed by atoms with Gasteiger partial charge in [-0.15, -0.1) is 0 Å². The number of amides is 4. The van der Waals surface area contributed by atoms with Gasteiger partial charge in [0.05, 0.1) is 43.0 Å². The first-order valence-electron chi connectivity index (χ1n) is 26.6. The molecule has 0 bridgehead atoms. The molecular formula is C56H65N11O10. The number of azo groups is 1. The van der Waals surface area contributed by atoms with Gasteiger partial charge in [0.25, 0.3) is 11.5 Å². The molecule has 1 atom stereocenters. The third kappa shape index (κ3) is 12.1. The molecule has 3 aromatic heterocycles. The zero-order valence-corrected chi connectivity index (χ0v) is 44.1. The zero-order valence-electron chi connectivity index (χ0n) is 44.1. The predicted octanol–water partition coefficient (Wildman–Crippen LogP) is 8.17. The van der Waals surface area contributed by atoms with Crippen molar-refractivity contribution in [2.75, 3.05) is 57.2 Å². The Bertz CT molecular complexity index is 3140. The maximum Gasteiger partial charge on any atom is 0.263 e. The molecule has 9 rings (SSSR count). The number of Topliss-reactive ketones (excluding diaryl/α,β-unsaturated/α-hetero) is 2. The van der Waals surface area contributed by atoms with Crippen LogP contribution in [0, 0.1) is 6.92 Å². The molecule has 21 nitrogen and oxygen atoms in total. The van der Waals surface area contributed by atoms with E-state index in [4.69, 9.17) is 19.2 Å². The van der Waals surface area contributed by atoms with E-state index in [2.05, 4.69) is 35.7 Å². The van der Waals surface area contributed by atoms with E-state index >= 15 is 0 Å². The Hall–Kier alpha value is -8.10. The Morgan fingerprint density at radius 1 is 0.831 bits per heavy atom. The number of pyridine rings is 2. The molecule has 3 aliphatic heterocycles. The van der Waals surface area contributed by atoms with Gasteiger partial charge >= 0.3 is 0 Å². The summed E-state index contributed by atoms with van der Waals surface area (Å²) in [6.07, 6.45) is 13.8. The van der Waals surface area contributed by atoms with Crippen molar-refractivity contribution in [2.24, 2.45) is 10.2 Å². The average molecular weight is 1050 g/mol. The first kappa shape index (κ1) is 53.7. The van der Waals surface area contributed by atoms with Crippen LogP contribution in [0.1, 0.15) is 135 Å². The number of methoxy groups -OCH3 is 2. The fourth-order valence-corrected chi connectivity index (χ4v) is 10.8. The van der Waals surface area contributed by atoms with Crippen LogP contribution in [0.4, 0.5) is 28.8 Å². The topological polar surface area (TPSA) is 249 Å². The summed E-state index contributed by atoms with van der Waals surface area (Å²) in [5.41, 5.74) is 3.84. The third-order valence-corrected chi connectivity index (χ3v) is 15.0. The number of ether oxygens (including phenoxy) is 3. The second kappa shape index (κ2) is 24.3. The lowest BCUT2D eigenvalue weighted by Crippen LogP contribution is -2.52.